The lowest BCUT2D eigenvalue weighted by molar-refractivity contribution is -0.144. The van der Waals surface area contributed by atoms with Crippen LogP contribution in [0.5, 0.6) is 0 Å². The molecule has 4 aliphatic carbocycles. The van der Waals surface area contributed by atoms with Crippen LogP contribution in [0.25, 0.3) is 0 Å². The Hall–Kier alpha value is -0.900. The first kappa shape index (κ1) is 14.7. The van der Waals surface area contributed by atoms with Gasteiger partial charge in [0.25, 0.3) is 0 Å². The number of carbonyl (C=O) groups is 1. The second-order valence-electron chi connectivity index (χ2n) is 7.70. The largest absolute Gasteiger partial charge is 0.352 e. The third-order valence-electron chi connectivity index (χ3n) is 5.84. The van der Waals surface area contributed by atoms with Gasteiger partial charge < -0.3 is 5.32 Å². The van der Waals surface area contributed by atoms with Crippen molar-refractivity contribution < 1.29 is 9.18 Å². The van der Waals surface area contributed by atoms with Gasteiger partial charge >= 0.3 is 0 Å². The second kappa shape index (κ2) is 5.05. The van der Waals surface area contributed by atoms with Gasteiger partial charge in [0, 0.05) is 10.9 Å². The summed E-state index contributed by atoms with van der Waals surface area (Å²) >= 11 is 3.94. The fourth-order valence-corrected chi connectivity index (χ4v) is 6.84. The minimum atomic E-state index is -0.239. The van der Waals surface area contributed by atoms with E-state index in [1.807, 2.05) is 0 Å². The number of benzene rings is 1. The maximum atomic E-state index is 12.9. The van der Waals surface area contributed by atoms with E-state index in [1.165, 1.54) is 31.4 Å². The van der Waals surface area contributed by atoms with Gasteiger partial charge in [-0.1, -0.05) is 28.1 Å². The molecule has 0 radical (unpaired) electrons. The molecule has 1 aromatic rings. The molecule has 1 aromatic carbocycles. The molecule has 4 heteroatoms. The lowest BCUT2D eigenvalue weighted by Crippen LogP contribution is -2.58. The van der Waals surface area contributed by atoms with Crippen molar-refractivity contribution in [2.75, 3.05) is 0 Å². The average molecular weight is 366 g/mol. The molecular formula is C18H21BrFNO. The Balaban J connectivity index is 1.47. The molecule has 22 heavy (non-hydrogen) atoms. The third kappa shape index (κ3) is 2.49. The first-order chi connectivity index (χ1) is 10.5. The highest BCUT2D eigenvalue weighted by atomic mass is 79.9. The summed E-state index contributed by atoms with van der Waals surface area (Å²) in [6, 6.07) is 6.36. The highest BCUT2D eigenvalue weighted by Gasteiger charge is 2.59. The number of amides is 1. The minimum absolute atomic E-state index is 0.173. The molecule has 4 bridgehead atoms. The summed E-state index contributed by atoms with van der Waals surface area (Å²) in [6.45, 7) is 0.492. The van der Waals surface area contributed by atoms with Crippen LogP contribution in [0.4, 0.5) is 4.39 Å². The van der Waals surface area contributed by atoms with Crippen molar-refractivity contribution in [1.82, 2.24) is 5.32 Å². The third-order valence-corrected chi connectivity index (χ3v) is 6.77. The first-order valence-electron chi connectivity index (χ1n) is 8.18. The van der Waals surface area contributed by atoms with Crippen molar-refractivity contribution in [3.8, 4) is 0 Å². The molecular weight excluding hydrogens is 345 g/mol. The Morgan fingerprint density at radius 3 is 2.41 bits per heavy atom. The number of hydrogen-bond acceptors (Lipinski definition) is 1. The van der Waals surface area contributed by atoms with E-state index >= 15 is 0 Å². The molecule has 5 rings (SSSR count). The number of halogens is 2. The Kier molecular flexibility index (Phi) is 3.37. The SMILES string of the molecule is O=C(NCc1ccc(F)cc1)C12CC3CC(CC(Br)(C3)C1)C2. The van der Waals surface area contributed by atoms with Gasteiger partial charge in [0.15, 0.2) is 0 Å². The lowest BCUT2D eigenvalue weighted by atomic mass is 9.49. The van der Waals surface area contributed by atoms with E-state index in [-0.39, 0.29) is 21.5 Å². The van der Waals surface area contributed by atoms with Gasteiger partial charge in [0.2, 0.25) is 5.91 Å². The van der Waals surface area contributed by atoms with Crippen LogP contribution in [0.1, 0.15) is 44.1 Å². The normalized spacial score (nSPS) is 39.0. The molecule has 0 saturated heterocycles. The van der Waals surface area contributed by atoms with Gasteiger partial charge in [-0.25, -0.2) is 4.39 Å². The van der Waals surface area contributed by atoms with Gasteiger partial charge in [-0.2, -0.15) is 0 Å². The monoisotopic (exact) mass is 365 g/mol. The van der Waals surface area contributed by atoms with Gasteiger partial charge in [0.1, 0.15) is 5.82 Å². The van der Waals surface area contributed by atoms with Crippen LogP contribution >= 0.6 is 15.9 Å². The van der Waals surface area contributed by atoms with Gasteiger partial charge in [-0.05, 0) is 68.1 Å². The Bertz CT molecular complexity index is 586. The zero-order valence-corrected chi connectivity index (χ0v) is 14.2. The molecule has 4 aliphatic rings. The molecule has 0 aromatic heterocycles. The predicted octanol–water partition coefficient (Wildman–Crippen LogP) is 4.18. The molecule has 2 atom stereocenters. The lowest BCUT2D eigenvalue weighted by Gasteiger charge is -2.59. The van der Waals surface area contributed by atoms with Crippen molar-refractivity contribution in [1.29, 1.82) is 0 Å². The van der Waals surface area contributed by atoms with Crippen molar-refractivity contribution in [2.45, 2.75) is 49.4 Å². The van der Waals surface area contributed by atoms with Crippen LogP contribution in [0.2, 0.25) is 0 Å². The van der Waals surface area contributed by atoms with E-state index in [2.05, 4.69) is 21.2 Å². The summed E-state index contributed by atoms with van der Waals surface area (Å²) in [4.78, 5) is 12.9. The number of alkyl halides is 1. The highest BCUT2D eigenvalue weighted by Crippen LogP contribution is 2.64. The number of nitrogens with one attached hydrogen (secondary N) is 1. The van der Waals surface area contributed by atoms with Crippen LogP contribution in [0.15, 0.2) is 24.3 Å². The van der Waals surface area contributed by atoms with Crippen LogP contribution in [0, 0.1) is 23.1 Å². The van der Waals surface area contributed by atoms with Crippen LogP contribution < -0.4 is 5.32 Å². The van der Waals surface area contributed by atoms with Crippen LogP contribution in [-0.4, -0.2) is 10.2 Å². The Morgan fingerprint density at radius 2 is 1.82 bits per heavy atom. The first-order valence-corrected chi connectivity index (χ1v) is 8.97. The van der Waals surface area contributed by atoms with E-state index in [9.17, 15) is 9.18 Å². The molecule has 118 valence electrons. The van der Waals surface area contributed by atoms with Crippen LogP contribution in [-0.2, 0) is 11.3 Å². The van der Waals surface area contributed by atoms with Crippen molar-refractivity contribution >= 4 is 21.8 Å². The summed E-state index contributed by atoms with van der Waals surface area (Å²) in [5, 5.41) is 3.11. The molecule has 1 N–H and O–H groups in total. The second-order valence-corrected chi connectivity index (χ2v) is 9.38. The molecule has 4 fully saturated rings. The fourth-order valence-electron chi connectivity index (χ4n) is 5.39. The highest BCUT2D eigenvalue weighted by molar-refractivity contribution is 9.10. The zero-order chi connectivity index (χ0) is 15.4. The maximum absolute atomic E-state index is 12.9. The zero-order valence-electron chi connectivity index (χ0n) is 12.6. The quantitative estimate of drug-likeness (QED) is 0.800. The molecule has 0 spiro atoms. The molecule has 0 heterocycles. The molecule has 1 amide bonds. The van der Waals surface area contributed by atoms with E-state index < -0.39 is 0 Å². The van der Waals surface area contributed by atoms with Gasteiger partial charge in [-0.3, -0.25) is 4.79 Å². The van der Waals surface area contributed by atoms with Crippen molar-refractivity contribution in [3.05, 3.63) is 35.6 Å². The molecule has 4 saturated carbocycles. The smallest absolute Gasteiger partial charge is 0.226 e. The van der Waals surface area contributed by atoms with Gasteiger partial charge in [-0.15, -0.1) is 0 Å². The van der Waals surface area contributed by atoms with E-state index in [0.717, 1.165) is 24.8 Å². The van der Waals surface area contributed by atoms with E-state index in [4.69, 9.17) is 0 Å². The van der Waals surface area contributed by atoms with E-state index in [0.29, 0.717) is 18.4 Å². The summed E-state index contributed by atoms with van der Waals surface area (Å²) in [6.07, 6.45) is 6.84. The summed E-state index contributed by atoms with van der Waals surface area (Å²) < 4.78 is 13.1. The van der Waals surface area contributed by atoms with Gasteiger partial charge in [0.05, 0.1) is 5.41 Å². The van der Waals surface area contributed by atoms with Crippen molar-refractivity contribution in [3.63, 3.8) is 0 Å². The molecule has 2 nitrogen and oxygen atoms in total. The van der Waals surface area contributed by atoms with Crippen LogP contribution in [0.3, 0.4) is 0 Å². The topological polar surface area (TPSA) is 29.1 Å². The number of carbonyl (C=O) groups excluding carboxylic acids is 1. The van der Waals surface area contributed by atoms with Crippen molar-refractivity contribution in [2.24, 2.45) is 17.3 Å². The summed E-state index contributed by atoms with van der Waals surface area (Å²) in [7, 11) is 0. The molecule has 0 aliphatic heterocycles. The Labute approximate surface area is 139 Å². The number of rotatable bonds is 3. The summed E-state index contributed by atoms with van der Waals surface area (Å²) in [5.74, 6) is 1.38. The van der Waals surface area contributed by atoms with E-state index in [1.54, 1.807) is 12.1 Å². The standard InChI is InChI=1S/C18H21BrFNO/c19-18-8-13-5-14(9-18)7-17(6-13,11-18)16(22)21-10-12-1-3-15(20)4-2-12/h1-4,13-14H,5-11H2,(H,21,22). The minimum Gasteiger partial charge on any atom is -0.352 e. The predicted molar refractivity (Wildman–Crippen MR) is 87.0 cm³/mol. The number of hydrogen-bond donors (Lipinski definition) is 1. The maximum Gasteiger partial charge on any atom is 0.226 e. The molecule has 2 unspecified atom stereocenters. The summed E-state index contributed by atoms with van der Waals surface area (Å²) in [5.41, 5.74) is 0.779. The fraction of sp³-hybridized carbons (Fsp3) is 0.611. The average Bonchev–Trinajstić information content (AvgIpc) is 2.43. The Morgan fingerprint density at radius 1 is 1.18 bits per heavy atom.